The first kappa shape index (κ1) is 15.5. The highest BCUT2D eigenvalue weighted by atomic mass is 32.2. The summed E-state index contributed by atoms with van der Waals surface area (Å²) in [5, 5.41) is 0. The zero-order chi connectivity index (χ0) is 13.8. The molecule has 18 heavy (non-hydrogen) atoms. The molecule has 0 aliphatic carbocycles. The monoisotopic (exact) mass is 266 g/mol. The molecule has 0 saturated heterocycles. The highest BCUT2D eigenvalue weighted by Crippen LogP contribution is 2.25. The summed E-state index contributed by atoms with van der Waals surface area (Å²) in [5.41, 5.74) is 7.10. The van der Waals surface area contributed by atoms with Gasteiger partial charge in [0.25, 0.3) is 0 Å². The fraction of sp³-hybridized carbons (Fsp3) is 0.600. The molecular weight excluding hydrogens is 240 g/mol. The summed E-state index contributed by atoms with van der Waals surface area (Å²) < 4.78 is 0.288. The Morgan fingerprint density at radius 2 is 1.78 bits per heavy atom. The minimum Gasteiger partial charge on any atom is -0.271 e. The number of aryl methyl sites for hydroxylation is 2. The van der Waals surface area contributed by atoms with Gasteiger partial charge in [-0.3, -0.25) is 11.3 Å². The van der Waals surface area contributed by atoms with Gasteiger partial charge in [-0.05, 0) is 37.0 Å². The molecule has 1 rings (SSSR count). The predicted octanol–water partition coefficient (Wildman–Crippen LogP) is 3.21. The van der Waals surface area contributed by atoms with Crippen LogP contribution in [0.25, 0.3) is 0 Å². The van der Waals surface area contributed by atoms with Crippen LogP contribution in [0.1, 0.15) is 37.5 Å². The molecule has 0 amide bonds. The summed E-state index contributed by atoms with van der Waals surface area (Å²) in [4.78, 5) is 0. The van der Waals surface area contributed by atoms with Crippen molar-refractivity contribution < 1.29 is 0 Å². The standard InChI is InChI=1S/C15H26N2S/c1-11-7-6-8-12(2)14(11)9-13(17-16)10-18-15(3,4)5/h6-8,13,17H,9-10,16H2,1-5H3. The Balaban J connectivity index is 2.68. The van der Waals surface area contributed by atoms with Crippen LogP contribution in [0.4, 0.5) is 0 Å². The highest BCUT2D eigenvalue weighted by Gasteiger charge is 2.16. The number of hydrogen-bond donors (Lipinski definition) is 2. The van der Waals surface area contributed by atoms with E-state index in [1.165, 1.54) is 16.7 Å². The summed E-state index contributed by atoms with van der Waals surface area (Å²) in [6.45, 7) is 11.1. The molecule has 3 heteroatoms. The van der Waals surface area contributed by atoms with E-state index in [0.717, 1.165) is 12.2 Å². The summed E-state index contributed by atoms with van der Waals surface area (Å²) >= 11 is 1.95. The number of thioether (sulfide) groups is 1. The highest BCUT2D eigenvalue weighted by molar-refractivity contribution is 8.00. The topological polar surface area (TPSA) is 38.0 Å². The lowest BCUT2D eigenvalue weighted by Crippen LogP contribution is -2.39. The molecule has 1 aromatic carbocycles. The van der Waals surface area contributed by atoms with Crippen LogP contribution in [0.15, 0.2) is 18.2 Å². The van der Waals surface area contributed by atoms with Crippen molar-refractivity contribution >= 4 is 11.8 Å². The van der Waals surface area contributed by atoms with Crippen molar-refractivity contribution in [1.82, 2.24) is 5.43 Å². The molecule has 0 heterocycles. The van der Waals surface area contributed by atoms with Gasteiger partial charge in [-0.2, -0.15) is 11.8 Å². The van der Waals surface area contributed by atoms with Crippen molar-refractivity contribution in [3.05, 3.63) is 34.9 Å². The Kier molecular flexibility index (Phi) is 5.70. The smallest absolute Gasteiger partial charge is 0.0341 e. The van der Waals surface area contributed by atoms with E-state index in [-0.39, 0.29) is 4.75 Å². The normalized spacial score (nSPS) is 13.7. The molecule has 1 atom stereocenters. The number of benzene rings is 1. The van der Waals surface area contributed by atoms with E-state index in [2.05, 4.69) is 58.2 Å². The van der Waals surface area contributed by atoms with E-state index in [4.69, 9.17) is 5.84 Å². The molecule has 0 bridgehead atoms. The van der Waals surface area contributed by atoms with E-state index >= 15 is 0 Å². The zero-order valence-electron chi connectivity index (χ0n) is 12.2. The molecule has 0 aromatic heterocycles. The van der Waals surface area contributed by atoms with E-state index in [0.29, 0.717) is 6.04 Å². The van der Waals surface area contributed by atoms with Crippen LogP contribution < -0.4 is 11.3 Å². The van der Waals surface area contributed by atoms with Gasteiger partial charge in [-0.1, -0.05) is 39.0 Å². The first-order valence-electron chi connectivity index (χ1n) is 6.48. The van der Waals surface area contributed by atoms with E-state index < -0.39 is 0 Å². The second kappa shape index (κ2) is 6.60. The SMILES string of the molecule is Cc1cccc(C)c1CC(CSC(C)(C)C)NN. The minimum absolute atomic E-state index is 0.288. The predicted molar refractivity (Wildman–Crippen MR) is 82.9 cm³/mol. The van der Waals surface area contributed by atoms with E-state index in [9.17, 15) is 0 Å². The van der Waals surface area contributed by atoms with Gasteiger partial charge in [0.2, 0.25) is 0 Å². The molecule has 0 saturated carbocycles. The van der Waals surface area contributed by atoms with Gasteiger partial charge in [0, 0.05) is 16.5 Å². The number of rotatable bonds is 5. The fourth-order valence-corrected chi connectivity index (χ4v) is 2.85. The maximum Gasteiger partial charge on any atom is 0.0341 e. The number of nitrogens with two attached hydrogens (primary N) is 1. The van der Waals surface area contributed by atoms with Crippen LogP contribution in [-0.2, 0) is 6.42 Å². The maximum absolute atomic E-state index is 5.69. The number of nitrogens with one attached hydrogen (secondary N) is 1. The quantitative estimate of drug-likeness (QED) is 0.635. The third-order valence-electron chi connectivity index (χ3n) is 3.05. The van der Waals surface area contributed by atoms with Crippen molar-refractivity contribution in [1.29, 1.82) is 0 Å². The average Bonchev–Trinajstić information content (AvgIpc) is 2.26. The van der Waals surface area contributed by atoms with Gasteiger partial charge < -0.3 is 0 Å². The Morgan fingerprint density at radius 1 is 1.22 bits per heavy atom. The Labute approximate surface area is 116 Å². The molecule has 1 unspecified atom stereocenters. The van der Waals surface area contributed by atoms with Gasteiger partial charge in [0.1, 0.15) is 0 Å². The number of hydrazine groups is 1. The molecule has 102 valence electrons. The summed E-state index contributed by atoms with van der Waals surface area (Å²) in [7, 11) is 0. The molecular formula is C15H26N2S. The average molecular weight is 266 g/mol. The Bertz CT molecular complexity index is 362. The van der Waals surface area contributed by atoms with Crippen LogP contribution in [0.2, 0.25) is 0 Å². The van der Waals surface area contributed by atoms with E-state index in [1.54, 1.807) is 0 Å². The molecule has 3 N–H and O–H groups in total. The van der Waals surface area contributed by atoms with Gasteiger partial charge in [0.15, 0.2) is 0 Å². The van der Waals surface area contributed by atoms with E-state index in [1.807, 2.05) is 11.8 Å². The molecule has 0 aliphatic rings. The molecule has 0 fully saturated rings. The summed E-state index contributed by atoms with van der Waals surface area (Å²) in [6.07, 6.45) is 0.998. The first-order valence-corrected chi connectivity index (χ1v) is 7.47. The fourth-order valence-electron chi connectivity index (χ4n) is 1.93. The molecule has 0 spiro atoms. The maximum atomic E-state index is 5.69. The Hall–Kier alpha value is -0.510. The van der Waals surface area contributed by atoms with Gasteiger partial charge >= 0.3 is 0 Å². The lowest BCUT2D eigenvalue weighted by Gasteiger charge is -2.23. The van der Waals surface area contributed by atoms with Crippen LogP contribution in [0.5, 0.6) is 0 Å². The second-order valence-electron chi connectivity index (χ2n) is 5.86. The molecule has 0 aliphatic heterocycles. The van der Waals surface area contributed by atoms with Gasteiger partial charge in [-0.15, -0.1) is 0 Å². The van der Waals surface area contributed by atoms with Crippen molar-refractivity contribution in [3.63, 3.8) is 0 Å². The molecule has 0 radical (unpaired) electrons. The summed E-state index contributed by atoms with van der Waals surface area (Å²) in [6, 6.07) is 6.79. The first-order chi connectivity index (χ1) is 8.33. The minimum atomic E-state index is 0.288. The van der Waals surface area contributed by atoms with Crippen LogP contribution in [0, 0.1) is 13.8 Å². The molecule has 1 aromatic rings. The lowest BCUT2D eigenvalue weighted by atomic mass is 9.97. The van der Waals surface area contributed by atoms with Crippen molar-refractivity contribution in [2.75, 3.05) is 5.75 Å². The third-order valence-corrected chi connectivity index (χ3v) is 4.48. The van der Waals surface area contributed by atoms with Crippen molar-refractivity contribution in [3.8, 4) is 0 Å². The largest absolute Gasteiger partial charge is 0.271 e. The Morgan fingerprint density at radius 3 is 2.22 bits per heavy atom. The number of hydrogen-bond acceptors (Lipinski definition) is 3. The lowest BCUT2D eigenvalue weighted by molar-refractivity contribution is 0.571. The second-order valence-corrected chi connectivity index (χ2v) is 7.71. The van der Waals surface area contributed by atoms with Crippen LogP contribution in [-0.4, -0.2) is 16.5 Å². The third kappa shape index (κ3) is 5.01. The molecule has 2 nitrogen and oxygen atoms in total. The van der Waals surface area contributed by atoms with Crippen molar-refractivity contribution in [2.24, 2.45) is 5.84 Å². The van der Waals surface area contributed by atoms with Crippen molar-refractivity contribution in [2.45, 2.75) is 51.8 Å². The van der Waals surface area contributed by atoms with Gasteiger partial charge in [-0.25, -0.2) is 0 Å². The van der Waals surface area contributed by atoms with Crippen LogP contribution in [0.3, 0.4) is 0 Å². The van der Waals surface area contributed by atoms with Crippen LogP contribution >= 0.6 is 11.8 Å². The zero-order valence-corrected chi connectivity index (χ0v) is 13.0. The van der Waals surface area contributed by atoms with Gasteiger partial charge in [0.05, 0.1) is 0 Å². The summed E-state index contributed by atoms with van der Waals surface area (Å²) in [5.74, 6) is 6.72.